The van der Waals surface area contributed by atoms with E-state index in [1.54, 1.807) is 7.11 Å². The van der Waals surface area contributed by atoms with Crippen LogP contribution in [-0.2, 0) is 27.9 Å². The third kappa shape index (κ3) is 2.85. The first-order valence-electron chi connectivity index (χ1n) is 14.3. The highest BCUT2D eigenvalue weighted by atomic mass is 16.6. The van der Waals surface area contributed by atoms with E-state index < -0.39 is 0 Å². The number of hydrogen-bond donors (Lipinski definition) is 0. The van der Waals surface area contributed by atoms with Gasteiger partial charge in [-0.1, -0.05) is 12.1 Å². The molecule has 5 fully saturated rings. The molecule has 0 amide bonds. The zero-order chi connectivity index (χ0) is 24.8. The summed E-state index contributed by atoms with van der Waals surface area (Å²) in [5, 5.41) is 0. The molecule has 1 aromatic carbocycles. The monoisotopic (exact) mass is 502 g/mol. The van der Waals surface area contributed by atoms with Crippen molar-refractivity contribution in [3.8, 4) is 11.5 Å². The number of hydrogen-bond acceptors (Lipinski definition) is 6. The third-order valence-electron chi connectivity index (χ3n) is 11.3. The zero-order valence-electron chi connectivity index (χ0n) is 22.1. The van der Waals surface area contributed by atoms with Crippen LogP contribution in [0.2, 0.25) is 0 Å². The number of fused-ring (bicyclic) bond motifs is 2. The Labute approximate surface area is 219 Å². The van der Waals surface area contributed by atoms with Crippen LogP contribution >= 0.6 is 0 Å². The summed E-state index contributed by atoms with van der Waals surface area (Å²) >= 11 is 0. The number of aromatic nitrogens is 1. The van der Waals surface area contributed by atoms with Gasteiger partial charge in [0.2, 0.25) is 0 Å². The van der Waals surface area contributed by atoms with E-state index in [0.29, 0.717) is 25.2 Å². The minimum Gasteiger partial charge on any atom is -0.493 e. The summed E-state index contributed by atoms with van der Waals surface area (Å²) in [6.07, 6.45) is 12.2. The van der Waals surface area contributed by atoms with E-state index in [-0.39, 0.29) is 22.5 Å². The van der Waals surface area contributed by atoms with Gasteiger partial charge < -0.3 is 18.9 Å². The standard InChI is InChI=1S/C31H38N2O4/c1-34-24-8-7-22-14-25-29-9-10-31(35-2,23(15-29)19-36-18-21-4-3-12-32-16-21)28-30(29,26(22)27(24)37-28)11-13-33(25)17-20-5-6-20/h3-4,7-8,12,16,20,23,25,28H,5-6,9-11,13-15,17-19H2,1-2H3/t23-,25-,28-,29?,30?,31-/m1/s1. The molecule has 9 rings (SSSR count). The van der Waals surface area contributed by atoms with Crippen LogP contribution in [0, 0.1) is 17.3 Å². The number of nitrogens with zero attached hydrogens (tertiary/aromatic N) is 2. The molecular weight excluding hydrogens is 464 g/mol. The zero-order valence-corrected chi connectivity index (χ0v) is 22.1. The first kappa shape index (κ1) is 22.8. The second kappa shape index (κ2) is 7.93. The van der Waals surface area contributed by atoms with Crippen molar-refractivity contribution < 1.29 is 18.9 Å². The molecule has 0 N–H and O–H groups in total. The number of likely N-dealkylation sites (tertiary alicyclic amines) is 1. The Kier molecular flexibility index (Phi) is 4.89. The quantitative estimate of drug-likeness (QED) is 0.529. The maximum absolute atomic E-state index is 7.11. The summed E-state index contributed by atoms with van der Waals surface area (Å²) in [6, 6.07) is 9.10. The van der Waals surface area contributed by atoms with Gasteiger partial charge in [0, 0.05) is 54.4 Å². The van der Waals surface area contributed by atoms with Crippen molar-refractivity contribution in [1.82, 2.24) is 9.88 Å². The average molecular weight is 503 g/mol. The van der Waals surface area contributed by atoms with E-state index in [2.05, 4.69) is 28.1 Å². The molecule has 2 aromatic rings. The fourth-order valence-electron chi connectivity index (χ4n) is 9.70. The van der Waals surface area contributed by atoms with Crippen molar-refractivity contribution in [2.45, 2.75) is 74.7 Å². The van der Waals surface area contributed by atoms with Crippen LogP contribution in [0.5, 0.6) is 11.5 Å². The predicted octanol–water partition coefficient (Wildman–Crippen LogP) is 4.53. The van der Waals surface area contributed by atoms with Crippen molar-refractivity contribution in [2.24, 2.45) is 17.3 Å². The molecule has 2 spiro atoms. The molecule has 37 heavy (non-hydrogen) atoms. The molecule has 4 bridgehead atoms. The molecule has 6 heteroatoms. The van der Waals surface area contributed by atoms with Crippen molar-refractivity contribution in [3.05, 3.63) is 53.3 Å². The number of pyridine rings is 1. The van der Waals surface area contributed by atoms with Gasteiger partial charge in [-0.2, -0.15) is 0 Å². The van der Waals surface area contributed by atoms with Crippen LogP contribution in [0.25, 0.3) is 0 Å². The molecule has 0 radical (unpaired) electrons. The Morgan fingerprint density at radius 1 is 1.14 bits per heavy atom. The summed E-state index contributed by atoms with van der Waals surface area (Å²) in [7, 11) is 3.69. The lowest BCUT2D eigenvalue weighted by Gasteiger charge is -2.74. The summed E-state index contributed by atoms with van der Waals surface area (Å²) < 4.78 is 26.0. The SMILES string of the molecule is COc1ccc2c3c1O[C@@H]1C34CCN(CC3CC3)[C@H](C2)C42CC[C@@]1(OC)[C@@H](COCc1cccnc1)C2. The van der Waals surface area contributed by atoms with Gasteiger partial charge in [0.05, 0.1) is 20.3 Å². The Morgan fingerprint density at radius 3 is 2.84 bits per heavy atom. The topological polar surface area (TPSA) is 53.1 Å². The minimum absolute atomic E-state index is 0.00326. The average Bonchev–Trinajstić information content (AvgIpc) is 3.68. The molecule has 5 aliphatic carbocycles. The summed E-state index contributed by atoms with van der Waals surface area (Å²) in [5.74, 6) is 3.08. The second-order valence-electron chi connectivity index (χ2n) is 12.6. The van der Waals surface area contributed by atoms with Gasteiger partial charge in [0.25, 0.3) is 0 Å². The Balaban J connectivity index is 1.22. The van der Waals surface area contributed by atoms with Gasteiger partial charge in [-0.25, -0.2) is 0 Å². The largest absolute Gasteiger partial charge is 0.493 e. The molecule has 7 aliphatic rings. The third-order valence-corrected chi connectivity index (χ3v) is 11.3. The minimum atomic E-state index is -0.349. The van der Waals surface area contributed by atoms with Gasteiger partial charge in [-0.05, 0) is 80.7 Å². The fraction of sp³-hybridized carbons (Fsp3) is 0.645. The Morgan fingerprint density at radius 2 is 2.05 bits per heavy atom. The smallest absolute Gasteiger partial charge is 0.165 e. The number of rotatable bonds is 8. The van der Waals surface area contributed by atoms with Crippen molar-refractivity contribution in [1.29, 1.82) is 0 Å². The molecule has 196 valence electrons. The van der Waals surface area contributed by atoms with Crippen LogP contribution in [0.3, 0.4) is 0 Å². The highest BCUT2D eigenvalue weighted by Gasteiger charge is 2.80. The van der Waals surface area contributed by atoms with Gasteiger partial charge in [-0.3, -0.25) is 9.88 Å². The lowest BCUT2D eigenvalue weighted by atomic mass is 9.35. The van der Waals surface area contributed by atoms with Crippen molar-refractivity contribution in [3.63, 3.8) is 0 Å². The van der Waals surface area contributed by atoms with E-state index in [9.17, 15) is 0 Å². The molecule has 6 nitrogen and oxygen atoms in total. The number of piperidine rings is 1. The van der Waals surface area contributed by atoms with Crippen molar-refractivity contribution in [2.75, 3.05) is 33.9 Å². The number of methoxy groups -OCH3 is 2. The first-order chi connectivity index (χ1) is 18.1. The maximum Gasteiger partial charge on any atom is 0.165 e. The van der Waals surface area contributed by atoms with E-state index in [1.165, 1.54) is 43.5 Å². The summed E-state index contributed by atoms with van der Waals surface area (Å²) in [4.78, 5) is 7.16. The molecule has 4 saturated carbocycles. The van der Waals surface area contributed by atoms with Gasteiger partial charge >= 0.3 is 0 Å². The molecule has 1 saturated heterocycles. The van der Waals surface area contributed by atoms with Crippen LogP contribution in [0.4, 0.5) is 0 Å². The molecule has 1 aromatic heterocycles. The van der Waals surface area contributed by atoms with Crippen LogP contribution < -0.4 is 9.47 Å². The maximum atomic E-state index is 7.11. The predicted molar refractivity (Wildman–Crippen MR) is 139 cm³/mol. The Hall–Kier alpha value is -2.15. The molecule has 3 heterocycles. The van der Waals surface area contributed by atoms with E-state index in [0.717, 1.165) is 48.7 Å². The van der Waals surface area contributed by atoms with Crippen LogP contribution in [0.15, 0.2) is 36.7 Å². The van der Waals surface area contributed by atoms with E-state index >= 15 is 0 Å². The van der Waals surface area contributed by atoms with Gasteiger partial charge in [0.1, 0.15) is 11.7 Å². The molecular formula is C31H38N2O4. The fourth-order valence-corrected chi connectivity index (χ4v) is 9.70. The molecule has 2 aliphatic heterocycles. The molecule has 6 atom stereocenters. The van der Waals surface area contributed by atoms with Crippen LogP contribution in [-0.4, -0.2) is 61.5 Å². The van der Waals surface area contributed by atoms with Crippen molar-refractivity contribution >= 4 is 0 Å². The van der Waals surface area contributed by atoms with E-state index in [1.807, 2.05) is 25.6 Å². The Bertz CT molecular complexity index is 1220. The summed E-state index contributed by atoms with van der Waals surface area (Å²) in [5.41, 5.74) is 3.92. The lowest BCUT2D eigenvalue weighted by molar-refractivity contribution is -0.283. The molecule has 2 unspecified atom stereocenters. The first-order valence-corrected chi connectivity index (χ1v) is 14.3. The van der Waals surface area contributed by atoms with Crippen LogP contribution in [0.1, 0.15) is 55.2 Å². The number of benzene rings is 1. The summed E-state index contributed by atoms with van der Waals surface area (Å²) in [6.45, 7) is 3.71. The normalized spacial score (nSPS) is 38.8. The second-order valence-corrected chi connectivity index (χ2v) is 12.6. The highest BCUT2D eigenvalue weighted by molar-refractivity contribution is 5.63. The van der Waals surface area contributed by atoms with Gasteiger partial charge in [0.15, 0.2) is 11.5 Å². The lowest BCUT2D eigenvalue weighted by Crippen LogP contribution is -2.81. The van der Waals surface area contributed by atoms with Gasteiger partial charge in [-0.15, -0.1) is 0 Å². The number of ether oxygens (including phenoxy) is 4. The van der Waals surface area contributed by atoms with E-state index in [4.69, 9.17) is 18.9 Å². The highest BCUT2D eigenvalue weighted by Crippen LogP contribution is 2.76.